The molecule has 0 atom stereocenters. The molecule has 128 valence electrons. The van der Waals surface area contributed by atoms with Gasteiger partial charge in [0.25, 0.3) is 0 Å². The summed E-state index contributed by atoms with van der Waals surface area (Å²) in [6.07, 6.45) is 0.502. The third-order valence-electron chi connectivity index (χ3n) is 3.27. The van der Waals surface area contributed by atoms with Crippen LogP contribution in [0.15, 0.2) is 47.4 Å². The standard InChI is InChI=1S/C16H16ClNO5S/c1-22-12-4-2-11(3-5-12)8-9-23-16(19)14-10-13(24(18,20)21)6-7-15(14)17/h2-7,10H,8-9H2,1H3,(H2,18,20,21). The first-order valence-corrected chi connectivity index (χ1v) is 8.86. The predicted molar refractivity (Wildman–Crippen MR) is 89.8 cm³/mol. The Bertz CT molecular complexity index is 834. The van der Waals surface area contributed by atoms with Gasteiger partial charge in [0.2, 0.25) is 10.0 Å². The summed E-state index contributed by atoms with van der Waals surface area (Å²) in [5, 5.41) is 5.14. The van der Waals surface area contributed by atoms with Crippen LogP contribution in [-0.2, 0) is 21.2 Å². The summed E-state index contributed by atoms with van der Waals surface area (Å²) in [4.78, 5) is 11.9. The van der Waals surface area contributed by atoms with Crippen LogP contribution in [0.1, 0.15) is 15.9 Å². The molecule has 0 aliphatic heterocycles. The maximum atomic E-state index is 12.1. The molecule has 0 amide bonds. The number of ether oxygens (including phenoxy) is 2. The highest BCUT2D eigenvalue weighted by atomic mass is 35.5. The average Bonchev–Trinajstić information content (AvgIpc) is 2.54. The van der Waals surface area contributed by atoms with Gasteiger partial charge in [-0.25, -0.2) is 18.4 Å². The number of sulfonamides is 1. The molecule has 0 unspecified atom stereocenters. The number of methoxy groups -OCH3 is 1. The van der Waals surface area contributed by atoms with Gasteiger partial charge in [-0.1, -0.05) is 23.7 Å². The van der Waals surface area contributed by atoms with E-state index in [-0.39, 0.29) is 22.1 Å². The number of halogens is 1. The van der Waals surface area contributed by atoms with Crippen molar-refractivity contribution < 1.29 is 22.7 Å². The molecule has 0 aliphatic rings. The molecule has 0 heterocycles. The zero-order chi connectivity index (χ0) is 17.7. The molecule has 0 radical (unpaired) electrons. The van der Waals surface area contributed by atoms with E-state index in [1.807, 2.05) is 24.3 Å². The molecule has 8 heteroatoms. The van der Waals surface area contributed by atoms with Gasteiger partial charge in [-0.15, -0.1) is 0 Å². The lowest BCUT2D eigenvalue weighted by molar-refractivity contribution is 0.0509. The van der Waals surface area contributed by atoms with Gasteiger partial charge in [-0.05, 0) is 35.9 Å². The second kappa shape index (κ2) is 7.65. The topological polar surface area (TPSA) is 95.7 Å². The van der Waals surface area contributed by atoms with E-state index in [0.29, 0.717) is 6.42 Å². The smallest absolute Gasteiger partial charge is 0.339 e. The molecule has 6 nitrogen and oxygen atoms in total. The van der Waals surface area contributed by atoms with Crippen LogP contribution < -0.4 is 9.88 Å². The van der Waals surface area contributed by atoms with Crippen LogP contribution in [0, 0.1) is 0 Å². The van der Waals surface area contributed by atoms with Crippen molar-refractivity contribution in [1.82, 2.24) is 0 Å². The van der Waals surface area contributed by atoms with Crippen LogP contribution in [0.3, 0.4) is 0 Å². The molecule has 2 aromatic carbocycles. The summed E-state index contributed by atoms with van der Waals surface area (Å²) in [5.41, 5.74) is 0.922. The van der Waals surface area contributed by atoms with Gasteiger partial charge < -0.3 is 9.47 Å². The Morgan fingerprint density at radius 3 is 2.42 bits per heavy atom. The molecule has 0 bridgehead atoms. The quantitative estimate of drug-likeness (QED) is 0.789. The Balaban J connectivity index is 2.01. The lowest BCUT2D eigenvalue weighted by Crippen LogP contribution is -2.14. The zero-order valence-corrected chi connectivity index (χ0v) is 14.4. The number of carbonyl (C=O) groups is 1. The molecule has 0 spiro atoms. The van der Waals surface area contributed by atoms with Crippen molar-refractivity contribution in [2.45, 2.75) is 11.3 Å². The van der Waals surface area contributed by atoms with Crippen molar-refractivity contribution in [1.29, 1.82) is 0 Å². The Morgan fingerprint density at radius 2 is 1.83 bits per heavy atom. The first kappa shape index (κ1) is 18.3. The monoisotopic (exact) mass is 369 g/mol. The third-order valence-corrected chi connectivity index (χ3v) is 4.51. The Kier molecular flexibility index (Phi) is 5.82. The summed E-state index contributed by atoms with van der Waals surface area (Å²) in [6.45, 7) is 0.126. The van der Waals surface area contributed by atoms with E-state index in [2.05, 4.69) is 0 Å². The minimum atomic E-state index is -3.92. The van der Waals surface area contributed by atoms with Gasteiger partial charge in [0.1, 0.15) is 5.75 Å². The highest BCUT2D eigenvalue weighted by Crippen LogP contribution is 2.21. The lowest BCUT2D eigenvalue weighted by Gasteiger charge is -2.08. The van der Waals surface area contributed by atoms with E-state index in [1.54, 1.807) is 7.11 Å². The SMILES string of the molecule is COc1ccc(CCOC(=O)c2cc(S(N)(=O)=O)ccc2Cl)cc1. The van der Waals surface area contributed by atoms with Crippen LogP contribution in [0.5, 0.6) is 5.75 Å². The van der Waals surface area contributed by atoms with Crippen LogP contribution in [0.4, 0.5) is 0 Å². The summed E-state index contributed by atoms with van der Waals surface area (Å²) in [6, 6.07) is 11.0. The van der Waals surface area contributed by atoms with Crippen LogP contribution in [0.2, 0.25) is 5.02 Å². The highest BCUT2D eigenvalue weighted by Gasteiger charge is 2.16. The lowest BCUT2D eigenvalue weighted by atomic mass is 10.1. The minimum Gasteiger partial charge on any atom is -0.497 e. The molecule has 0 saturated heterocycles. The van der Waals surface area contributed by atoms with E-state index < -0.39 is 16.0 Å². The van der Waals surface area contributed by atoms with Crippen molar-refractivity contribution in [2.75, 3.05) is 13.7 Å². The number of benzene rings is 2. The Labute approximate surface area is 145 Å². The predicted octanol–water partition coefficient (Wildman–Crippen LogP) is 2.40. The van der Waals surface area contributed by atoms with Crippen molar-refractivity contribution in [3.05, 3.63) is 58.6 Å². The summed E-state index contributed by atoms with van der Waals surface area (Å²) in [5.74, 6) is 0.0290. The molecule has 0 aliphatic carbocycles. The first-order chi connectivity index (χ1) is 11.3. The fourth-order valence-corrected chi connectivity index (χ4v) is 2.70. The maximum Gasteiger partial charge on any atom is 0.339 e. The van der Waals surface area contributed by atoms with E-state index >= 15 is 0 Å². The normalized spacial score (nSPS) is 11.1. The summed E-state index contributed by atoms with van der Waals surface area (Å²) < 4.78 is 32.9. The Hall–Kier alpha value is -2.09. The van der Waals surface area contributed by atoms with E-state index in [1.165, 1.54) is 12.1 Å². The number of carbonyl (C=O) groups excluding carboxylic acids is 1. The van der Waals surface area contributed by atoms with Crippen molar-refractivity contribution in [3.63, 3.8) is 0 Å². The van der Waals surface area contributed by atoms with Gasteiger partial charge in [-0.2, -0.15) is 0 Å². The van der Waals surface area contributed by atoms with Crippen molar-refractivity contribution >= 4 is 27.6 Å². The fourth-order valence-electron chi connectivity index (χ4n) is 1.97. The molecule has 0 fully saturated rings. The number of primary sulfonamides is 1. The molecular weight excluding hydrogens is 354 g/mol. The van der Waals surface area contributed by atoms with Crippen LogP contribution in [0.25, 0.3) is 0 Å². The Morgan fingerprint density at radius 1 is 1.17 bits per heavy atom. The minimum absolute atomic E-state index is 0.0436. The van der Waals surface area contributed by atoms with Crippen molar-refractivity contribution in [2.24, 2.45) is 5.14 Å². The molecule has 0 aromatic heterocycles. The summed E-state index contributed by atoms with van der Waals surface area (Å²) >= 11 is 5.92. The van der Waals surface area contributed by atoms with E-state index in [4.69, 9.17) is 26.2 Å². The molecular formula is C16H16ClNO5S. The summed E-state index contributed by atoms with van der Waals surface area (Å²) in [7, 11) is -2.34. The molecule has 2 rings (SSSR count). The van der Waals surface area contributed by atoms with Crippen molar-refractivity contribution in [3.8, 4) is 5.75 Å². The molecule has 0 saturated carbocycles. The number of rotatable bonds is 6. The second-order valence-corrected chi connectivity index (χ2v) is 6.89. The number of hydrogen-bond donors (Lipinski definition) is 1. The van der Waals surface area contributed by atoms with E-state index in [9.17, 15) is 13.2 Å². The number of esters is 1. The third kappa shape index (κ3) is 4.70. The first-order valence-electron chi connectivity index (χ1n) is 6.93. The van der Waals surface area contributed by atoms with Gasteiger partial charge >= 0.3 is 5.97 Å². The van der Waals surface area contributed by atoms with Gasteiger partial charge in [0.05, 0.1) is 29.2 Å². The molecule has 24 heavy (non-hydrogen) atoms. The van der Waals surface area contributed by atoms with Gasteiger partial charge in [0.15, 0.2) is 0 Å². The second-order valence-electron chi connectivity index (χ2n) is 4.92. The molecule has 2 N–H and O–H groups in total. The largest absolute Gasteiger partial charge is 0.497 e. The highest BCUT2D eigenvalue weighted by molar-refractivity contribution is 7.89. The fraction of sp³-hybridized carbons (Fsp3) is 0.188. The zero-order valence-electron chi connectivity index (χ0n) is 12.9. The van der Waals surface area contributed by atoms with Gasteiger partial charge in [-0.3, -0.25) is 0 Å². The maximum absolute atomic E-state index is 12.1. The van der Waals surface area contributed by atoms with E-state index in [0.717, 1.165) is 17.4 Å². The molecule has 2 aromatic rings. The van der Waals surface area contributed by atoms with Crippen LogP contribution >= 0.6 is 11.6 Å². The number of nitrogens with two attached hydrogens (primary N) is 1. The van der Waals surface area contributed by atoms with Crippen LogP contribution in [-0.4, -0.2) is 28.1 Å². The number of hydrogen-bond acceptors (Lipinski definition) is 5. The van der Waals surface area contributed by atoms with Gasteiger partial charge in [0, 0.05) is 6.42 Å². The average molecular weight is 370 g/mol.